The molecule has 3 atom stereocenters. The van der Waals surface area contributed by atoms with Crippen molar-refractivity contribution in [1.29, 1.82) is 0 Å². The Morgan fingerprint density at radius 3 is 2.59 bits per heavy atom. The molecule has 194 valence electrons. The third-order valence-electron chi connectivity index (χ3n) is 8.68. The molecule has 0 amide bonds. The predicted molar refractivity (Wildman–Crippen MR) is 145 cm³/mol. The summed E-state index contributed by atoms with van der Waals surface area (Å²) in [5.74, 6) is 0.808. The normalized spacial score (nSPS) is 25.8. The third-order valence-corrected chi connectivity index (χ3v) is 8.98. The Balaban J connectivity index is 1.35. The van der Waals surface area contributed by atoms with E-state index in [-0.39, 0.29) is 17.3 Å². The molecule has 37 heavy (non-hydrogen) atoms. The second-order valence-corrected chi connectivity index (χ2v) is 11.7. The number of rotatable bonds is 6. The van der Waals surface area contributed by atoms with Gasteiger partial charge in [0.15, 0.2) is 5.82 Å². The van der Waals surface area contributed by atoms with Gasteiger partial charge in [-0.1, -0.05) is 35.9 Å². The van der Waals surface area contributed by atoms with Gasteiger partial charge >= 0.3 is 6.01 Å². The molecule has 4 fully saturated rings. The number of fused-ring (bicyclic) bond motifs is 3. The molecule has 6 nitrogen and oxygen atoms in total. The van der Waals surface area contributed by atoms with E-state index in [4.69, 9.17) is 21.3 Å². The summed E-state index contributed by atoms with van der Waals surface area (Å²) in [6.45, 7) is 3.23. The highest BCUT2D eigenvalue weighted by molar-refractivity contribution is 6.34. The van der Waals surface area contributed by atoms with Crippen molar-refractivity contribution in [3.63, 3.8) is 0 Å². The number of aromatic nitrogens is 2. The van der Waals surface area contributed by atoms with Gasteiger partial charge in [0.25, 0.3) is 0 Å². The molecule has 1 aliphatic carbocycles. The maximum absolute atomic E-state index is 16.5. The van der Waals surface area contributed by atoms with Gasteiger partial charge in [0.05, 0.1) is 5.02 Å². The SMILES string of the molecule is CN1CCC[C@H]1COc1nc(N2CC3CCC(C2)N3)c2cc(Cl)c(-c3ccccc3C3CC3)c(F)c2n1. The van der Waals surface area contributed by atoms with Crippen molar-refractivity contribution in [3.8, 4) is 17.1 Å². The van der Waals surface area contributed by atoms with Crippen LogP contribution in [0, 0.1) is 5.82 Å². The molecular formula is C29H33ClFN5O. The van der Waals surface area contributed by atoms with Gasteiger partial charge in [-0.2, -0.15) is 9.97 Å². The van der Waals surface area contributed by atoms with Crippen LogP contribution >= 0.6 is 11.6 Å². The number of piperazine rings is 1. The van der Waals surface area contributed by atoms with Crippen LogP contribution in [0.15, 0.2) is 30.3 Å². The summed E-state index contributed by atoms with van der Waals surface area (Å²) < 4.78 is 22.7. The fraction of sp³-hybridized carbons (Fsp3) is 0.517. The number of nitrogens with one attached hydrogen (secondary N) is 1. The van der Waals surface area contributed by atoms with E-state index in [1.165, 1.54) is 0 Å². The number of likely N-dealkylation sites (N-methyl/N-ethyl adjacent to an activating group) is 1. The molecule has 3 aliphatic heterocycles. The van der Waals surface area contributed by atoms with E-state index in [0.29, 0.717) is 46.6 Å². The first kappa shape index (κ1) is 23.6. The minimum absolute atomic E-state index is 0.247. The zero-order chi connectivity index (χ0) is 25.1. The van der Waals surface area contributed by atoms with E-state index in [1.807, 2.05) is 24.3 Å². The lowest BCUT2D eigenvalue weighted by Crippen LogP contribution is -2.51. The van der Waals surface area contributed by atoms with Gasteiger partial charge in [-0.15, -0.1) is 0 Å². The molecule has 4 aliphatic rings. The fourth-order valence-electron chi connectivity index (χ4n) is 6.52. The molecule has 7 rings (SSSR count). The Bertz CT molecular complexity index is 1340. The summed E-state index contributed by atoms with van der Waals surface area (Å²) in [6, 6.07) is 11.3. The first-order valence-electron chi connectivity index (χ1n) is 13.7. The molecule has 0 spiro atoms. The number of hydrogen-bond acceptors (Lipinski definition) is 6. The maximum Gasteiger partial charge on any atom is 0.319 e. The van der Waals surface area contributed by atoms with Crippen molar-refractivity contribution >= 4 is 28.3 Å². The molecule has 3 saturated heterocycles. The Hall–Kier alpha value is -2.48. The predicted octanol–water partition coefficient (Wildman–Crippen LogP) is 5.38. The van der Waals surface area contributed by atoms with Crippen LogP contribution < -0.4 is 15.0 Å². The summed E-state index contributed by atoms with van der Waals surface area (Å²) in [6.07, 6.45) is 6.82. The highest BCUT2D eigenvalue weighted by Crippen LogP contribution is 2.47. The second-order valence-electron chi connectivity index (χ2n) is 11.3. The molecule has 8 heteroatoms. The Labute approximate surface area is 222 Å². The van der Waals surface area contributed by atoms with Gasteiger partial charge in [-0.05, 0) is 75.2 Å². The van der Waals surface area contributed by atoms with Crippen LogP contribution in [0.2, 0.25) is 5.02 Å². The van der Waals surface area contributed by atoms with Gasteiger partial charge < -0.3 is 19.9 Å². The molecule has 1 aromatic heterocycles. The fourth-order valence-corrected chi connectivity index (χ4v) is 6.81. The minimum Gasteiger partial charge on any atom is -0.462 e. The average molecular weight is 522 g/mol. The van der Waals surface area contributed by atoms with Gasteiger partial charge in [0.2, 0.25) is 0 Å². The van der Waals surface area contributed by atoms with Gasteiger partial charge in [0.1, 0.15) is 17.9 Å². The van der Waals surface area contributed by atoms with Crippen LogP contribution in [0.4, 0.5) is 10.2 Å². The Kier molecular flexibility index (Phi) is 5.98. The first-order chi connectivity index (χ1) is 18.0. The number of ether oxygens (including phenoxy) is 1. The largest absolute Gasteiger partial charge is 0.462 e. The van der Waals surface area contributed by atoms with Crippen LogP contribution in [0.1, 0.15) is 50.0 Å². The number of likely N-dealkylation sites (tertiary alicyclic amines) is 1. The Morgan fingerprint density at radius 2 is 1.86 bits per heavy atom. The summed E-state index contributed by atoms with van der Waals surface area (Å²) >= 11 is 6.86. The summed E-state index contributed by atoms with van der Waals surface area (Å²) in [4.78, 5) is 14.1. The quantitative estimate of drug-likeness (QED) is 0.470. The molecular weight excluding hydrogens is 489 g/mol. The zero-order valence-corrected chi connectivity index (χ0v) is 22.0. The average Bonchev–Trinajstić information content (AvgIpc) is 3.59. The summed E-state index contributed by atoms with van der Waals surface area (Å²) in [7, 11) is 2.12. The van der Waals surface area contributed by atoms with Crippen molar-refractivity contribution in [2.24, 2.45) is 0 Å². The van der Waals surface area contributed by atoms with Crippen LogP contribution in [0.3, 0.4) is 0 Å². The number of anilines is 1. The molecule has 4 heterocycles. The van der Waals surface area contributed by atoms with Crippen molar-refractivity contribution < 1.29 is 9.13 Å². The molecule has 1 N–H and O–H groups in total. The topological polar surface area (TPSA) is 53.5 Å². The van der Waals surface area contributed by atoms with Gasteiger partial charge in [-0.25, -0.2) is 4.39 Å². The second kappa shape index (κ2) is 9.37. The number of benzene rings is 2. The van der Waals surface area contributed by atoms with Crippen LogP contribution in [0.5, 0.6) is 6.01 Å². The monoisotopic (exact) mass is 521 g/mol. The van der Waals surface area contributed by atoms with Crippen LogP contribution in [-0.2, 0) is 0 Å². The molecule has 3 aromatic rings. The van der Waals surface area contributed by atoms with Crippen LogP contribution in [0.25, 0.3) is 22.0 Å². The van der Waals surface area contributed by atoms with Crippen LogP contribution in [-0.4, -0.2) is 66.3 Å². The molecule has 2 unspecified atom stereocenters. The summed E-state index contributed by atoms with van der Waals surface area (Å²) in [5, 5.41) is 4.73. The van der Waals surface area contributed by atoms with Gasteiger partial charge in [0, 0.05) is 42.2 Å². The molecule has 2 bridgehead atoms. The van der Waals surface area contributed by atoms with E-state index in [9.17, 15) is 0 Å². The van der Waals surface area contributed by atoms with E-state index < -0.39 is 0 Å². The molecule has 2 aromatic carbocycles. The maximum atomic E-state index is 16.5. The van der Waals surface area contributed by atoms with Gasteiger partial charge in [-0.3, -0.25) is 0 Å². The highest BCUT2D eigenvalue weighted by atomic mass is 35.5. The standard InChI is InChI=1S/C29H33ClFN5O/c1-35-12-4-5-20(35)16-37-29-33-27-23(28(34-29)36-14-18-10-11-19(15-36)32-18)13-24(30)25(26(27)31)22-7-3-2-6-21(22)17-8-9-17/h2-3,6-7,13,17-20,32H,4-5,8-12,14-16H2,1H3/t18?,19?,20-/m0/s1. The Morgan fingerprint density at radius 1 is 1.08 bits per heavy atom. The van der Waals surface area contributed by atoms with E-state index >= 15 is 4.39 Å². The van der Waals surface area contributed by atoms with Crippen molar-refractivity contribution in [2.45, 2.75) is 62.6 Å². The lowest BCUT2D eigenvalue weighted by molar-refractivity contribution is 0.188. The molecule has 1 saturated carbocycles. The lowest BCUT2D eigenvalue weighted by Gasteiger charge is -2.34. The molecule has 0 radical (unpaired) electrons. The summed E-state index contributed by atoms with van der Waals surface area (Å²) in [5.41, 5.74) is 2.75. The highest BCUT2D eigenvalue weighted by Gasteiger charge is 2.35. The number of halogens is 2. The minimum atomic E-state index is -0.389. The first-order valence-corrected chi connectivity index (χ1v) is 14.1. The smallest absolute Gasteiger partial charge is 0.319 e. The number of hydrogen-bond donors (Lipinski definition) is 1. The third kappa shape index (κ3) is 4.35. The van der Waals surface area contributed by atoms with E-state index in [1.54, 1.807) is 0 Å². The van der Waals surface area contributed by atoms with E-state index in [2.05, 4.69) is 33.2 Å². The zero-order valence-electron chi connectivity index (χ0n) is 21.2. The lowest BCUT2D eigenvalue weighted by atomic mass is 9.95. The van der Waals surface area contributed by atoms with Crippen molar-refractivity contribution in [1.82, 2.24) is 20.2 Å². The number of nitrogens with zero attached hydrogens (tertiary/aromatic N) is 4. The van der Waals surface area contributed by atoms with Crippen molar-refractivity contribution in [2.75, 3.05) is 38.2 Å². The van der Waals surface area contributed by atoms with Crippen molar-refractivity contribution in [3.05, 3.63) is 46.7 Å². The van der Waals surface area contributed by atoms with E-state index in [0.717, 1.165) is 75.1 Å².